The number of carbonyl (C=O) groups excluding carboxylic acids is 1. The smallest absolute Gasteiger partial charge is 0.163 e. The zero-order valence-corrected chi connectivity index (χ0v) is 9.95. The van der Waals surface area contributed by atoms with Crippen LogP contribution in [0.1, 0.15) is 49.0 Å². The van der Waals surface area contributed by atoms with E-state index in [1.54, 1.807) is 0 Å². The van der Waals surface area contributed by atoms with Crippen LogP contribution in [0.3, 0.4) is 0 Å². The third-order valence-electron chi connectivity index (χ3n) is 3.06. The van der Waals surface area contributed by atoms with Gasteiger partial charge in [0.25, 0.3) is 0 Å². The molecule has 0 saturated carbocycles. The van der Waals surface area contributed by atoms with E-state index in [2.05, 4.69) is 13.8 Å². The predicted molar refractivity (Wildman–Crippen MR) is 64.1 cm³/mol. The first kappa shape index (κ1) is 11.2. The Morgan fingerprint density at radius 1 is 1.38 bits per heavy atom. The third kappa shape index (κ3) is 2.11. The first-order valence-corrected chi connectivity index (χ1v) is 6.04. The maximum absolute atomic E-state index is 11.6. The van der Waals surface area contributed by atoms with Crippen molar-refractivity contribution in [3.05, 3.63) is 29.3 Å². The molecular weight excluding hydrogens is 200 g/mol. The summed E-state index contributed by atoms with van der Waals surface area (Å²) in [7, 11) is 0. The molecule has 0 fully saturated rings. The minimum Gasteiger partial charge on any atom is -0.490 e. The lowest BCUT2D eigenvalue weighted by atomic mass is 10.1. The van der Waals surface area contributed by atoms with E-state index in [4.69, 9.17) is 4.74 Å². The Balaban J connectivity index is 2.20. The third-order valence-corrected chi connectivity index (χ3v) is 3.06. The van der Waals surface area contributed by atoms with Gasteiger partial charge in [0, 0.05) is 17.5 Å². The molecule has 1 aromatic rings. The van der Waals surface area contributed by atoms with E-state index >= 15 is 0 Å². The van der Waals surface area contributed by atoms with Gasteiger partial charge in [-0.25, -0.2) is 0 Å². The van der Waals surface area contributed by atoms with Crippen molar-refractivity contribution < 1.29 is 9.53 Å². The van der Waals surface area contributed by atoms with Gasteiger partial charge in [0.1, 0.15) is 5.75 Å². The van der Waals surface area contributed by atoms with Crippen LogP contribution < -0.4 is 4.74 Å². The predicted octanol–water partition coefficient (Wildman–Crippen LogP) is 3.38. The molecule has 2 nitrogen and oxygen atoms in total. The van der Waals surface area contributed by atoms with Crippen LogP contribution in [0.15, 0.2) is 18.2 Å². The van der Waals surface area contributed by atoms with E-state index in [9.17, 15) is 4.79 Å². The number of hydrogen-bond donors (Lipinski definition) is 0. The molecule has 0 heterocycles. The van der Waals surface area contributed by atoms with Crippen molar-refractivity contribution in [2.24, 2.45) is 0 Å². The summed E-state index contributed by atoms with van der Waals surface area (Å²) in [5, 5.41) is 0. The highest BCUT2D eigenvalue weighted by Gasteiger charge is 2.23. The molecule has 2 rings (SSSR count). The monoisotopic (exact) mass is 218 g/mol. The van der Waals surface area contributed by atoms with Gasteiger partial charge in [-0.3, -0.25) is 4.79 Å². The van der Waals surface area contributed by atoms with Crippen LogP contribution in [0.2, 0.25) is 0 Å². The van der Waals surface area contributed by atoms with Crippen LogP contribution >= 0.6 is 0 Å². The molecule has 0 amide bonds. The van der Waals surface area contributed by atoms with Gasteiger partial charge >= 0.3 is 0 Å². The topological polar surface area (TPSA) is 26.3 Å². The Bertz CT molecular complexity index is 396. The van der Waals surface area contributed by atoms with Crippen LogP contribution in [-0.2, 0) is 6.42 Å². The molecule has 0 radical (unpaired) electrons. The van der Waals surface area contributed by atoms with Crippen molar-refractivity contribution in [1.82, 2.24) is 0 Å². The first-order valence-electron chi connectivity index (χ1n) is 6.04. The lowest BCUT2D eigenvalue weighted by Crippen LogP contribution is -2.12. The normalized spacial score (nSPS) is 16.0. The summed E-state index contributed by atoms with van der Waals surface area (Å²) in [6.07, 6.45) is 3.88. The highest BCUT2D eigenvalue weighted by Crippen LogP contribution is 2.31. The van der Waals surface area contributed by atoms with Gasteiger partial charge in [-0.15, -0.1) is 0 Å². The second-order valence-electron chi connectivity index (χ2n) is 4.42. The summed E-state index contributed by atoms with van der Waals surface area (Å²) >= 11 is 0. The lowest BCUT2D eigenvalue weighted by molar-refractivity contribution is 0.0994. The quantitative estimate of drug-likeness (QED) is 0.774. The van der Waals surface area contributed by atoms with Crippen molar-refractivity contribution in [3.8, 4) is 5.75 Å². The Hall–Kier alpha value is -1.31. The summed E-state index contributed by atoms with van der Waals surface area (Å²) in [5.41, 5.74) is 1.97. The lowest BCUT2D eigenvalue weighted by Gasteiger charge is -2.16. The fraction of sp³-hybridized carbons (Fsp3) is 0.500. The molecule has 0 bridgehead atoms. The maximum Gasteiger partial charge on any atom is 0.163 e. The van der Waals surface area contributed by atoms with Gasteiger partial charge in [0.15, 0.2) is 5.78 Å². The number of carbonyl (C=O) groups is 1. The molecule has 0 spiro atoms. The molecule has 0 N–H and O–H groups in total. The van der Waals surface area contributed by atoms with Crippen LogP contribution in [0.4, 0.5) is 0 Å². The van der Waals surface area contributed by atoms with Gasteiger partial charge < -0.3 is 4.74 Å². The second-order valence-corrected chi connectivity index (χ2v) is 4.42. The molecule has 1 atom stereocenters. The van der Waals surface area contributed by atoms with Crippen molar-refractivity contribution in [2.45, 2.75) is 45.6 Å². The number of rotatable bonds is 4. The maximum atomic E-state index is 11.6. The van der Waals surface area contributed by atoms with E-state index in [1.165, 1.54) is 0 Å². The molecule has 0 saturated heterocycles. The molecular formula is C14H18O2. The Labute approximate surface area is 96.6 Å². The summed E-state index contributed by atoms with van der Waals surface area (Å²) in [6, 6.07) is 5.79. The summed E-state index contributed by atoms with van der Waals surface area (Å²) in [4.78, 5) is 11.6. The zero-order valence-electron chi connectivity index (χ0n) is 9.95. The first-order chi connectivity index (χ1) is 7.72. The Kier molecular flexibility index (Phi) is 3.28. The highest BCUT2D eigenvalue weighted by molar-refractivity contribution is 6.01. The molecule has 2 heteroatoms. The number of ether oxygens (including phenoxy) is 1. The van der Waals surface area contributed by atoms with Crippen molar-refractivity contribution >= 4 is 5.78 Å². The second kappa shape index (κ2) is 4.69. The van der Waals surface area contributed by atoms with E-state index in [-0.39, 0.29) is 11.9 Å². The van der Waals surface area contributed by atoms with E-state index in [0.717, 1.165) is 36.1 Å². The van der Waals surface area contributed by atoms with Gasteiger partial charge in [0.05, 0.1) is 6.10 Å². The van der Waals surface area contributed by atoms with Gasteiger partial charge in [-0.2, -0.15) is 0 Å². The van der Waals surface area contributed by atoms with Gasteiger partial charge in [0.2, 0.25) is 0 Å². The Morgan fingerprint density at radius 3 is 2.94 bits per heavy atom. The fourth-order valence-corrected chi connectivity index (χ4v) is 2.25. The number of benzene rings is 1. The average molecular weight is 218 g/mol. The van der Waals surface area contributed by atoms with Gasteiger partial charge in [-0.05, 0) is 25.8 Å². The van der Waals surface area contributed by atoms with Crippen LogP contribution in [0, 0.1) is 0 Å². The number of hydrogen-bond acceptors (Lipinski definition) is 2. The fourth-order valence-electron chi connectivity index (χ4n) is 2.25. The molecule has 1 aliphatic rings. The molecule has 1 unspecified atom stereocenters. The van der Waals surface area contributed by atoms with Crippen LogP contribution in [0.25, 0.3) is 0 Å². The van der Waals surface area contributed by atoms with E-state index in [1.807, 2.05) is 18.2 Å². The SMILES string of the molecule is CCCC(C)Oc1cccc2c1CCC2=O. The molecule has 16 heavy (non-hydrogen) atoms. The van der Waals surface area contributed by atoms with Crippen molar-refractivity contribution in [1.29, 1.82) is 0 Å². The number of Topliss-reactive ketones (excluding diaryl/α,β-unsaturated/α-hetero) is 1. The van der Waals surface area contributed by atoms with Crippen molar-refractivity contribution in [3.63, 3.8) is 0 Å². The summed E-state index contributed by atoms with van der Waals surface area (Å²) in [6.45, 7) is 4.23. The van der Waals surface area contributed by atoms with Crippen molar-refractivity contribution in [2.75, 3.05) is 0 Å². The molecule has 86 valence electrons. The largest absolute Gasteiger partial charge is 0.490 e. The summed E-state index contributed by atoms with van der Waals surface area (Å²) in [5.74, 6) is 1.16. The zero-order chi connectivity index (χ0) is 11.5. The molecule has 0 aliphatic heterocycles. The molecule has 1 aliphatic carbocycles. The minimum atomic E-state index is 0.229. The average Bonchev–Trinajstić information content (AvgIpc) is 2.62. The van der Waals surface area contributed by atoms with Crippen LogP contribution in [-0.4, -0.2) is 11.9 Å². The Morgan fingerprint density at radius 2 is 2.19 bits per heavy atom. The van der Waals surface area contributed by atoms with E-state index in [0.29, 0.717) is 6.42 Å². The standard InChI is InChI=1S/C14H18O2/c1-3-5-10(2)16-14-7-4-6-11-12(14)8-9-13(11)15/h4,6-7,10H,3,5,8-9H2,1-2H3. The van der Waals surface area contributed by atoms with Gasteiger partial charge in [-0.1, -0.05) is 25.5 Å². The minimum absolute atomic E-state index is 0.229. The number of ketones is 1. The summed E-state index contributed by atoms with van der Waals surface area (Å²) < 4.78 is 5.89. The molecule has 1 aromatic carbocycles. The highest BCUT2D eigenvalue weighted by atomic mass is 16.5. The molecule has 0 aromatic heterocycles. The van der Waals surface area contributed by atoms with E-state index < -0.39 is 0 Å². The number of fused-ring (bicyclic) bond motifs is 1. The van der Waals surface area contributed by atoms with Crippen LogP contribution in [0.5, 0.6) is 5.75 Å².